The van der Waals surface area contributed by atoms with Gasteiger partial charge in [-0.3, -0.25) is 34.5 Å². The van der Waals surface area contributed by atoms with Crippen molar-refractivity contribution in [3.8, 4) is 0 Å². The summed E-state index contributed by atoms with van der Waals surface area (Å²) < 4.78 is 0. The second kappa shape index (κ2) is 4.20. The number of pyridine rings is 1. The third kappa shape index (κ3) is 1.59. The summed E-state index contributed by atoms with van der Waals surface area (Å²) in [5.41, 5.74) is 1.13. The number of carbonyl (C=O) groups excluding carboxylic acids is 4. The fraction of sp³-hybridized carbons (Fsp3) is 0.231. The molecule has 1 unspecified atom stereocenters. The second-order valence-corrected chi connectivity index (χ2v) is 5.13. The third-order valence-electron chi connectivity index (χ3n) is 3.82. The van der Waals surface area contributed by atoms with Crippen molar-refractivity contribution < 1.29 is 19.2 Å². The first-order valence-electron chi connectivity index (χ1n) is 6.62. The highest BCUT2D eigenvalue weighted by atomic mass is 16.2. The van der Waals surface area contributed by atoms with E-state index in [-0.39, 0.29) is 24.1 Å². The molecule has 9 heteroatoms. The number of H-pyrrole nitrogens is 1. The number of amides is 4. The molecular weight excluding hydrogens is 290 g/mol. The van der Waals surface area contributed by atoms with Crippen molar-refractivity contribution in [3.63, 3.8) is 0 Å². The van der Waals surface area contributed by atoms with Gasteiger partial charge in [-0.25, -0.2) is 4.98 Å². The highest BCUT2D eigenvalue weighted by Gasteiger charge is 2.45. The van der Waals surface area contributed by atoms with Gasteiger partial charge in [-0.15, -0.1) is 0 Å². The van der Waals surface area contributed by atoms with Crippen molar-refractivity contribution in [2.75, 3.05) is 0 Å². The van der Waals surface area contributed by atoms with Gasteiger partial charge in [0, 0.05) is 6.42 Å². The molecule has 4 heterocycles. The zero-order valence-electron chi connectivity index (χ0n) is 11.1. The van der Waals surface area contributed by atoms with Crippen molar-refractivity contribution >= 4 is 34.7 Å². The van der Waals surface area contributed by atoms with E-state index in [9.17, 15) is 19.2 Å². The minimum Gasteiger partial charge on any atom is -0.295 e. The van der Waals surface area contributed by atoms with Gasteiger partial charge in [0.2, 0.25) is 11.8 Å². The minimum atomic E-state index is -0.983. The van der Waals surface area contributed by atoms with Crippen LogP contribution in [0.5, 0.6) is 0 Å². The number of rotatable bonds is 1. The predicted molar refractivity (Wildman–Crippen MR) is 70.6 cm³/mol. The fourth-order valence-electron chi connectivity index (χ4n) is 2.75. The largest absolute Gasteiger partial charge is 0.295 e. The van der Waals surface area contributed by atoms with E-state index in [4.69, 9.17) is 0 Å². The van der Waals surface area contributed by atoms with Crippen LogP contribution in [0.4, 0.5) is 0 Å². The number of fused-ring (bicyclic) bond motifs is 2. The number of carbonyl (C=O) groups is 4. The normalized spacial score (nSPS) is 21.5. The SMILES string of the molecule is O=C1CCC(N2C(=O)c3cc4[nH]ncc4nc3C2=O)C(=O)N1. The lowest BCUT2D eigenvalue weighted by molar-refractivity contribution is -0.136. The van der Waals surface area contributed by atoms with Gasteiger partial charge < -0.3 is 0 Å². The summed E-state index contributed by atoms with van der Waals surface area (Å²) in [6, 6.07) is 0.514. The Hall–Kier alpha value is -3.10. The molecule has 9 nitrogen and oxygen atoms in total. The van der Waals surface area contributed by atoms with Crippen molar-refractivity contribution in [1.82, 2.24) is 25.4 Å². The Balaban J connectivity index is 1.77. The smallest absolute Gasteiger partial charge is 0.280 e. The van der Waals surface area contributed by atoms with Gasteiger partial charge in [-0.05, 0) is 12.5 Å². The van der Waals surface area contributed by atoms with Crippen molar-refractivity contribution in [3.05, 3.63) is 23.5 Å². The monoisotopic (exact) mass is 299 g/mol. The van der Waals surface area contributed by atoms with Crippen LogP contribution < -0.4 is 5.32 Å². The lowest BCUT2D eigenvalue weighted by Crippen LogP contribution is -2.54. The lowest BCUT2D eigenvalue weighted by Gasteiger charge is -2.27. The summed E-state index contributed by atoms with van der Waals surface area (Å²) in [5.74, 6) is -2.26. The van der Waals surface area contributed by atoms with Gasteiger partial charge in [-0.1, -0.05) is 0 Å². The quantitative estimate of drug-likeness (QED) is 0.675. The van der Waals surface area contributed by atoms with E-state index >= 15 is 0 Å². The van der Waals surface area contributed by atoms with Crippen LogP contribution in [0.3, 0.4) is 0 Å². The van der Waals surface area contributed by atoms with Gasteiger partial charge in [0.15, 0.2) is 0 Å². The summed E-state index contributed by atoms with van der Waals surface area (Å²) in [6.07, 6.45) is 1.65. The number of nitrogens with zero attached hydrogens (tertiary/aromatic N) is 3. The number of aromatic nitrogens is 3. The summed E-state index contributed by atoms with van der Waals surface area (Å²) in [4.78, 5) is 53.0. The van der Waals surface area contributed by atoms with E-state index in [0.717, 1.165) is 4.90 Å². The number of imide groups is 2. The van der Waals surface area contributed by atoms with E-state index in [2.05, 4.69) is 20.5 Å². The number of hydrogen-bond acceptors (Lipinski definition) is 6. The Morgan fingerprint density at radius 1 is 1.18 bits per heavy atom. The van der Waals surface area contributed by atoms with Crippen LogP contribution in [0.15, 0.2) is 12.3 Å². The molecule has 1 fully saturated rings. The van der Waals surface area contributed by atoms with Crippen molar-refractivity contribution in [2.45, 2.75) is 18.9 Å². The van der Waals surface area contributed by atoms with Gasteiger partial charge in [0.1, 0.15) is 17.3 Å². The van der Waals surface area contributed by atoms with Gasteiger partial charge in [0.25, 0.3) is 11.8 Å². The first-order valence-corrected chi connectivity index (χ1v) is 6.62. The fourth-order valence-corrected chi connectivity index (χ4v) is 2.75. The Morgan fingerprint density at radius 3 is 2.77 bits per heavy atom. The summed E-state index contributed by atoms with van der Waals surface area (Å²) >= 11 is 0. The molecule has 2 aromatic rings. The van der Waals surface area contributed by atoms with E-state index in [0.29, 0.717) is 11.0 Å². The molecular formula is C13H9N5O4. The van der Waals surface area contributed by atoms with E-state index in [1.807, 2.05) is 0 Å². The molecule has 4 rings (SSSR count). The highest BCUT2D eigenvalue weighted by Crippen LogP contribution is 2.28. The van der Waals surface area contributed by atoms with Crippen LogP contribution in [-0.2, 0) is 9.59 Å². The van der Waals surface area contributed by atoms with E-state index in [1.54, 1.807) is 0 Å². The Kier molecular flexibility index (Phi) is 2.41. The molecule has 22 heavy (non-hydrogen) atoms. The van der Waals surface area contributed by atoms with E-state index < -0.39 is 29.7 Å². The predicted octanol–water partition coefficient (Wildman–Crippen LogP) is -0.641. The van der Waals surface area contributed by atoms with Crippen LogP contribution in [0.1, 0.15) is 33.7 Å². The summed E-state index contributed by atoms with van der Waals surface area (Å²) in [5, 5.41) is 8.61. The number of nitrogens with one attached hydrogen (secondary N) is 2. The maximum Gasteiger partial charge on any atom is 0.280 e. The molecule has 2 N–H and O–H groups in total. The standard InChI is InChI=1S/C13H9N5O4/c19-9-2-1-8(11(20)16-9)18-12(21)5-3-6-7(4-14-17-6)15-10(5)13(18)22/h3-4,8H,1-2H2,(H,14,17)(H,16,19,20). The molecule has 4 amide bonds. The third-order valence-corrected chi connectivity index (χ3v) is 3.82. The average molecular weight is 299 g/mol. The first kappa shape index (κ1) is 12.6. The van der Waals surface area contributed by atoms with Crippen LogP contribution in [-0.4, -0.2) is 49.8 Å². The second-order valence-electron chi connectivity index (χ2n) is 5.13. The van der Waals surface area contributed by atoms with Crippen LogP contribution in [0.25, 0.3) is 11.0 Å². The number of hydrogen-bond donors (Lipinski definition) is 2. The van der Waals surface area contributed by atoms with Gasteiger partial charge >= 0.3 is 0 Å². The van der Waals surface area contributed by atoms with Crippen molar-refractivity contribution in [1.29, 1.82) is 0 Å². The maximum absolute atomic E-state index is 12.5. The molecule has 2 aliphatic heterocycles. The summed E-state index contributed by atoms with van der Waals surface area (Å²) in [7, 11) is 0. The van der Waals surface area contributed by atoms with Crippen molar-refractivity contribution in [2.24, 2.45) is 0 Å². The molecule has 0 spiro atoms. The van der Waals surface area contributed by atoms with Gasteiger partial charge in [0.05, 0.1) is 17.3 Å². The molecule has 2 aliphatic rings. The first-order chi connectivity index (χ1) is 10.6. The number of aromatic amines is 1. The maximum atomic E-state index is 12.5. The molecule has 0 saturated carbocycles. The molecule has 0 bridgehead atoms. The topological polar surface area (TPSA) is 125 Å². The zero-order chi connectivity index (χ0) is 15.4. The minimum absolute atomic E-state index is 0.00333. The van der Waals surface area contributed by atoms with E-state index in [1.165, 1.54) is 12.3 Å². The Bertz CT molecular complexity index is 820. The van der Waals surface area contributed by atoms with Crippen LogP contribution >= 0.6 is 0 Å². The number of piperidine rings is 1. The zero-order valence-corrected chi connectivity index (χ0v) is 11.1. The molecule has 1 saturated heterocycles. The van der Waals surface area contributed by atoms with Gasteiger partial charge in [-0.2, -0.15) is 5.10 Å². The lowest BCUT2D eigenvalue weighted by atomic mass is 10.0. The highest BCUT2D eigenvalue weighted by molar-refractivity contribution is 6.23. The molecule has 110 valence electrons. The molecule has 1 atom stereocenters. The Morgan fingerprint density at radius 2 is 2.00 bits per heavy atom. The molecule has 0 aromatic carbocycles. The van der Waals surface area contributed by atoms with Crippen LogP contribution in [0, 0.1) is 0 Å². The van der Waals surface area contributed by atoms with Crippen LogP contribution in [0.2, 0.25) is 0 Å². The Labute approximate surface area is 122 Å². The molecule has 2 aromatic heterocycles. The summed E-state index contributed by atoms with van der Waals surface area (Å²) in [6.45, 7) is 0. The molecule has 0 aliphatic carbocycles. The average Bonchev–Trinajstić information content (AvgIpc) is 3.03. The molecule has 0 radical (unpaired) electrons.